The fraction of sp³-hybridized carbons (Fsp3) is 0. The summed E-state index contributed by atoms with van der Waals surface area (Å²) in [5.41, 5.74) is 6.12. The minimum absolute atomic E-state index is 0.370. The van der Waals surface area contributed by atoms with E-state index in [0.717, 1.165) is 0 Å². The van der Waals surface area contributed by atoms with Crippen LogP contribution in [-0.2, 0) is 0 Å². The number of carbonyl (C=O) groups is 1. The van der Waals surface area contributed by atoms with E-state index in [0.29, 0.717) is 17.0 Å². The van der Waals surface area contributed by atoms with Crippen molar-refractivity contribution in [1.82, 2.24) is 25.9 Å². The molecule has 0 spiro atoms. The van der Waals surface area contributed by atoms with Crippen molar-refractivity contribution in [3.8, 4) is 11.4 Å². The van der Waals surface area contributed by atoms with Crippen LogP contribution in [-0.4, -0.2) is 32.5 Å². The Morgan fingerprint density at radius 2 is 2.29 bits per heavy atom. The number of hydrogen-bond acceptors (Lipinski definition) is 5. The van der Waals surface area contributed by atoms with Crippen LogP contribution in [0.3, 0.4) is 0 Å². The number of rotatable bonds is 2. The Bertz CT molecular complexity index is 548. The first-order valence-corrected chi connectivity index (χ1v) is 4.66. The number of nitrogens with one attached hydrogen (secondary N) is 3. The zero-order chi connectivity index (χ0) is 12.3. The van der Waals surface area contributed by atoms with Crippen LogP contribution < -0.4 is 11.1 Å². The molecule has 0 saturated carbocycles. The lowest BCUT2D eigenvalue weighted by Crippen LogP contribution is -2.35. The largest absolute Gasteiger partial charge is 0.370 e. The monoisotopic (exact) mass is 231 g/mol. The number of aromatic amines is 1. The fourth-order valence-electron chi connectivity index (χ4n) is 1.28. The van der Waals surface area contributed by atoms with Gasteiger partial charge in [-0.25, -0.2) is 5.10 Å². The van der Waals surface area contributed by atoms with E-state index >= 15 is 0 Å². The molecule has 86 valence electrons. The molecule has 0 fully saturated rings. The van der Waals surface area contributed by atoms with E-state index in [2.05, 4.69) is 25.9 Å². The molecule has 1 aromatic heterocycles. The highest BCUT2D eigenvalue weighted by atomic mass is 16.1. The van der Waals surface area contributed by atoms with Gasteiger partial charge in [0.05, 0.1) is 0 Å². The number of amides is 1. The molecule has 0 aliphatic rings. The number of carbonyl (C=O) groups excluding carboxylic acids is 1. The Morgan fingerprint density at radius 1 is 1.47 bits per heavy atom. The van der Waals surface area contributed by atoms with Gasteiger partial charge < -0.3 is 5.73 Å². The minimum Gasteiger partial charge on any atom is -0.370 e. The number of H-pyrrole nitrogens is 1. The standard InChI is InChI=1S/C9H9N7O/c10-9(11)12-8(17)6-3-1-2-5(4-6)7-13-15-16-14-7/h1-4H,(H4,10,11,12,17)(H,13,14,15,16). The molecule has 5 N–H and O–H groups in total. The molecular weight excluding hydrogens is 222 g/mol. The van der Waals surface area contributed by atoms with Gasteiger partial charge >= 0.3 is 0 Å². The SMILES string of the molecule is N=C(N)NC(=O)c1cccc(-c2nnn[nH]2)c1. The second kappa shape index (κ2) is 4.39. The van der Waals surface area contributed by atoms with Gasteiger partial charge in [0.2, 0.25) is 0 Å². The van der Waals surface area contributed by atoms with Crippen molar-refractivity contribution < 1.29 is 4.79 Å². The molecule has 1 amide bonds. The normalized spacial score (nSPS) is 9.88. The van der Waals surface area contributed by atoms with E-state index in [4.69, 9.17) is 11.1 Å². The first kappa shape index (κ1) is 10.7. The lowest BCUT2D eigenvalue weighted by atomic mass is 10.1. The maximum atomic E-state index is 11.6. The molecule has 0 aliphatic heterocycles. The molecule has 1 aromatic carbocycles. The zero-order valence-electron chi connectivity index (χ0n) is 8.64. The van der Waals surface area contributed by atoms with Crippen molar-refractivity contribution in [2.24, 2.45) is 5.73 Å². The Balaban J connectivity index is 2.29. The lowest BCUT2D eigenvalue weighted by Gasteiger charge is -2.03. The zero-order valence-corrected chi connectivity index (χ0v) is 8.64. The molecule has 0 unspecified atom stereocenters. The topological polar surface area (TPSA) is 133 Å². The molecule has 8 heteroatoms. The van der Waals surface area contributed by atoms with Gasteiger partial charge in [0.25, 0.3) is 5.91 Å². The summed E-state index contributed by atoms with van der Waals surface area (Å²) in [5.74, 6) is -0.393. The van der Waals surface area contributed by atoms with Crippen molar-refractivity contribution in [3.63, 3.8) is 0 Å². The maximum absolute atomic E-state index is 11.6. The van der Waals surface area contributed by atoms with Crippen LogP contribution >= 0.6 is 0 Å². The molecule has 8 nitrogen and oxygen atoms in total. The third-order valence-electron chi connectivity index (χ3n) is 1.99. The number of hydrogen-bond donors (Lipinski definition) is 4. The molecule has 0 saturated heterocycles. The summed E-state index contributed by atoms with van der Waals surface area (Å²) in [6.45, 7) is 0. The quantitative estimate of drug-likeness (QED) is 0.408. The van der Waals surface area contributed by atoms with Crippen molar-refractivity contribution in [1.29, 1.82) is 5.41 Å². The highest BCUT2D eigenvalue weighted by Crippen LogP contribution is 2.14. The molecule has 2 aromatic rings. The summed E-state index contributed by atoms with van der Waals surface area (Å²) in [7, 11) is 0. The van der Waals surface area contributed by atoms with Crippen LogP contribution in [0.5, 0.6) is 0 Å². The van der Waals surface area contributed by atoms with Gasteiger partial charge in [0.1, 0.15) is 0 Å². The number of tetrazole rings is 1. The Hall–Kier alpha value is -2.77. The summed E-state index contributed by atoms with van der Waals surface area (Å²) in [4.78, 5) is 11.6. The smallest absolute Gasteiger partial charge is 0.257 e. The molecule has 0 aliphatic carbocycles. The predicted octanol–water partition coefficient (Wildman–Crippen LogP) is -0.510. The first-order valence-electron chi connectivity index (χ1n) is 4.66. The highest BCUT2D eigenvalue weighted by molar-refractivity contribution is 6.04. The van der Waals surface area contributed by atoms with Crippen LogP contribution in [0, 0.1) is 5.41 Å². The van der Waals surface area contributed by atoms with Gasteiger partial charge in [-0.05, 0) is 22.6 Å². The maximum Gasteiger partial charge on any atom is 0.257 e. The van der Waals surface area contributed by atoms with Gasteiger partial charge in [-0.2, -0.15) is 0 Å². The third-order valence-corrected chi connectivity index (χ3v) is 1.99. The van der Waals surface area contributed by atoms with E-state index in [1.807, 2.05) is 0 Å². The van der Waals surface area contributed by atoms with Gasteiger partial charge in [-0.3, -0.25) is 15.5 Å². The Labute approximate surface area is 95.7 Å². The van der Waals surface area contributed by atoms with Crippen molar-refractivity contribution in [2.75, 3.05) is 0 Å². The summed E-state index contributed by atoms with van der Waals surface area (Å²) < 4.78 is 0. The van der Waals surface area contributed by atoms with E-state index in [9.17, 15) is 4.79 Å². The Kier molecular flexibility index (Phi) is 2.77. The van der Waals surface area contributed by atoms with Crippen LogP contribution in [0.4, 0.5) is 0 Å². The number of benzene rings is 1. The predicted molar refractivity (Wildman–Crippen MR) is 59.0 cm³/mol. The molecule has 1 heterocycles. The van der Waals surface area contributed by atoms with Crippen LogP contribution in [0.2, 0.25) is 0 Å². The minimum atomic E-state index is -0.452. The second-order valence-electron chi connectivity index (χ2n) is 3.20. The van der Waals surface area contributed by atoms with Crippen molar-refractivity contribution in [2.45, 2.75) is 0 Å². The fourth-order valence-corrected chi connectivity index (χ4v) is 1.28. The summed E-state index contributed by atoms with van der Waals surface area (Å²) in [6, 6.07) is 6.64. The van der Waals surface area contributed by atoms with Gasteiger partial charge in [0, 0.05) is 11.1 Å². The van der Waals surface area contributed by atoms with E-state index in [-0.39, 0.29) is 0 Å². The van der Waals surface area contributed by atoms with Crippen LogP contribution in [0.15, 0.2) is 24.3 Å². The van der Waals surface area contributed by atoms with Gasteiger partial charge in [-0.15, -0.1) is 5.10 Å². The van der Waals surface area contributed by atoms with Crippen LogP contribution in [0.1, 0.15) is 10.4 Å². The van der Waals surface area contributed by atoms with Gasteiger partial charge in [-0.1, -0.05) is 12.1 Å². The second-order valence-corrected chi connectivity index (χ2v) is 3.20. The number of nitrogens with zero attached hydrogens (tertiary/aromatic N) is 3. The molecule has 17 heavy (non-hydrogen) atoms. The summed E-state index contributed by atoms with van der Waals surface area (Å²) in [6.07, 6.45) is 0. The summed E-state index contributed by atoms with van der Waals surface area (Å²) >= 11 is 0. The molecule has 0 bridgehead atoms. The Morgan fingerprint density at radius 3 is 2.94 bits per heavy atom. The average molecular weight is 231 g/mol. The van der Waals surface area contributed by atoms with Crippen molar-refractivity contribution >= 4 is 11.9 Å². The first-order chi connectivity index (χ1) is 8.16. The lowest BCUT2D eigenvalue weighted by molar-refractivity contribution is 0.0976. The number of guanidine groups is 1. The average Bonchev–Trinajstić information content (AvgIpc) is 2.82. The molecule has 2 rings (SSSR count). The molecule has 0 radical (unpaired) electrons. The van der Waals surface area contributed by atoms with Gasteiger partial charge in [0.15, 0.2) is 11.8 Å². The molecule has 0 atom stereocenters. The van der Waals surface area contributed by atoms with E-state index in [1.54, 1.807) is 24.3 Å². The number of nitrogens with two attached hydrogens (primary N) is 1. The third kappa shape index (κ3) is 2.43. The molecular formula is C9H9N7O. The summed E-state index contributed by atoms with van der Waals surface area (Å²) in [5, 5.41) is 22.4. The van der Waals surface area contributed by atoms with Crippen molar-refractivity contribution in [3.05, 3.63) is 29.8 Å². The number of aromatic nitrogens is 4. The highest BCUT2D eigenvalue weighted by Gasteiger charge is 2.08. The van der Waals surface area contributed by atoms with E-state index in [1.165, 1.54) is 0 Å². The van der Waals surface area contributed by atoms with E-state index < -0.39 is 11.9 Å². The van der Waals surface area contributed by atoms with Crippen LogP contribution in [0.25, 0.3) is 11.4 Å².